The van der Waals surface area contributed by atoms with Crippen LogP contribution in [0.15, 0.2) is 31.5 Å². The van der Waals surface area contributed by atoms with Gasteiger partial charge in [0.2, 0.25) is 0 Å². The molecule has 1 heterocycles. The van der Waals surface area contributed by atoms with Gasteiger partial charge in [0.1, 0.15) is 11.0 Å². The monoisotopic (exact) mass is 225 g/mol. The fourth-order valence-electron chi connectivity index (χ4n) is 1.34. The molecular weight excluding hydrogens is 210 g/mol. The van der Waals surface area contributed by atoms with Gasteiger partial charge in [0.05, 0.1) is 12.7 Å². The fourth-order valence-corrected chi connectivity index (χ4v) is 1.49. The lowest BCUT2D eigenvalue weighted by atomic mass is 10.4. The zero-order valence-corrected chi connectivity index (χ0v) is 9.74. The molecule has 3 nitrogen and oxygen atoms in total. The third-order valence-electron chi connectivity index (χ3n) is 2.17. The largest absolute Gasteiger partial charge is 0.321 e. The number of halogens is 1. The quantitative estimate of drug-likeness (QED) is 0.693. The Bertz CT molecular complexity index is 334. The van der Waals surface area contributed by atoms with Gasteiger partial charge in [-0.25, -0.2) is 4.98 Å². The molecule has 1 aromatic rings. The van der Waals surface area contributed by atoms with E-state index < -0.39 is 0 Å². The van der Waals surface area contributed by atoms with E-state index in [1.165, 1.54) is 0 Å². The minimum Gasteiger partial charge on any atom is -0.321 e. The highest BCUT2D eigenvalue weighted by atomic mass is 35.5. The summed E-state index contributed by atoms with van der Waals surface area (Å²) in [7, 11) is 1.91. The van der Waals surface area contributed by atoms with E-state index >= 15 is 0 Å². The first-order valence-electron chi connectivity index (χ1n) is 4.79. The third kappa shape index (κ3) is 3.22. The molecule has 0 saturated heterocycles. The molecule has 0 aliphatic carbocycles. The summed E-state index contributed by atoms with van der Waals surface area (Å²) in [5.74, 6) is 0.948. The van der Waals surface area contributed by atoms with E-state index in [1.54, 1.807) is 6.20 Å². The van der Waals surface area contributed by atoms with Crippen LogP contribution in [0.4, 0.5) is 0 Å². The zero-order chi connectivity index (χ0) is 11.3. The molecule has 15 heavy (non-hydrogen) atoms. The first-order valence-corrected chi connectivity index (χ1v) is 5.17. The fraction of sp³-hybridized carbons (Fsp3) is 0.364. The summed E-state index contributed by atoms with van der Waals surface area (Å²) < 4.78 is 1.88. The van der Waals surface area contributed by atoms with Crippen LogP contribution in [0.25, 0.3) is 0 Å². The Morgan fingerprint density at radius 2 is 2.07 bits per heavy atom. The lowest BCUT2D eigenvalue weighted by Gasteiger charge is -2.18. The summed E-state index contributed by atoms with van der Waals surface area (Å²) in [6, 6.07) is 0. The third-order valence-corrected chi connectivity index (χ3v) is 2.52. The number of aromatic nitrogens is 2. The van der Waals surface area contributed by atoms with E-state index in [-0.39, 0.29) is 0 Å². The van der Waals surface area contributed by atoms with Crippen LogP contribution in [0, 0.1) is 0 Å². The molecular formula is C11H16ClN3. The topological polar surface area (TPSA) is 21.1 Å². The lowest BCUT2D eigenvalue weighted by molar-refractivity contribution is 0.315. The molecule has 82 valence electrons. The summed E-state index contributed by atoms with van der Waals surface area (Å²) in [5, 5.41) is 0.655. The van der Waals surface area contributed by atoms with Gasteiger partial charge < -0.3 is 4.57 Å². The maximum absolute atomic E-state index is 5.91. The molecule has 0 N–H and O–H groups in total. The average Bonchev–Trinajstić information content (AvgIpc) is 2.51. The molecule has 0 bridgehead atoms. The van der Waals surface area contributed by atoms with Gasteiger partial charge in [-0.2, -0.15) is 0 Å². The Hall–Kier alpha value is -1.06. The Balaban J connectivity index is 2.68. The Labute approximate surface area is 95.7 Å². The highest BCUT2D eigenvalue weighted by Gasteiger charge is 2.08. The van der Waals surface area contributed by atoms with Crippen LogP contribution in [0.1, 0.15) is 5.82 Å². The predicted molar refractivity (Wildman–Crippen MR) is 63.9 cm³/mol. The summed E-state index contributed by atoms with van der Waals surface area (Å²) in [6.45, 7) is 9.83. The molecule has 1 aromatic heterocycles. The van der Waals surface area contributed by atoms with E-state index in [1.807, 2.05) is 23.8 Å². The van der Waals surface area contributed by atoms with Crippen LogP contribution < -0.4 is 0 Å². The first-order chi connectivity index (χ1) is 7.19. The highest BCUT2D eigenvalue weighted by molar-refractivity contribution is 6.29. The van der Waals surface area contributed by atoms with Crippen LogP contribution >= 0.6 is 11.6 Å². The number of rotatable bonds is 6. The second-order valence-electron chi connectivity index (χ2n) is 3.33. The SMILES string of the molecule is C=CCN(CC=C)Cc1ncc(Cl)n1C. The number of hydrogen-bond acceptors (Lipinski definition) is 2. The first kappa shape index (κ1) is 12.0. The van der Waals surface area contributed by atoms with Gasteiger partial charge in [-0.3, -0.25) is 4.90 Å². The molecule has 0 atom stereocenters. The molecule has 0 fully saturated rings. The van der Waals surface area contributed by atoms with Crippen molar-refractivity contribution in [1.82, 2.24) is 14.5 Å². The summed E-state index contributed by atoms with van der Waals surface area (Å²) in [6.07, 6.45) is 5.40. The van der Waals surface area contributed by atoms with Crippen molar-refractivity contribution in [1.29, 1.82) is 0 Å². The molecule has 0 radical (unpaired) electrons. The molecule has 0 aromatic carbocycles. The van der Waals surface area contributed by atoms with Crippen molar-refractivity contribution in [2.75, 3.05) is 13.1 Å². The van der Waals surface area contributed by atoms with Crippen molar-refractivity contribution >= 4 is 11.6 Å². The Kier molecular flexibility index (Phi) is 4.59. The Morgan fingerprint density at radius 1 is 1.47 bits per heavy atom. The number of hydrogen-bond donors (Lipinski definition) is 0. The number of nitrogens with zero attached hydrogens (tertiary/aromatic N) is 3. The minimum atomic E-state index is 0.655. The van der Waals surface area contributed by atoms with Crippen molar-refractivity contribution in [3.8, 4) is 0 Å². The van der Waals surface area contributed by atoms with Gasteiger partial charge in [-0.05, 0) is 0 Å². The molecule has 0 aliphatic rings. The summed E-state index contributed by atoms with van der Waals surface area (Å²) >= 11 is 5.91. The van der Waals surface area contributed by atoms with E-state index in [0.29, 0.717) is 5.15 Å². The lowest BCUT2D eigenvalue weighted by Crippen LogP contribution is -2.24. The molecule has 4 heteroatoms. The van der Waals surface area contributed by atoms with Crippen LogP contribution in [-0.2, 0) is 13.6 Å². The molecule has 0 saturated carbocycles. The van der Waals surface area contributed by atoms with Crippen molar-refractivity contribution in [2.24, 2.45) is 7.05 Å². The van der Waals surface area contributed by atoms with Crippen LogP contribution in [0.5, 0.6) is 0 Å². The molecule has 1 rings (SSSR count). The maximum atomic E-state index is 5.91. The molecule has 0 spiro atoms. The van der Waals surface area contributed by atoms with Gasteiger partial charge >= 0.3 is 0 Å². The standard InChI is InChI=1S/C11H16ClN3/c1-4-6-15(7-5-2)9-11-13-8-10(12)14(11)3/h4-5,8H,1-2,6-7,9H2,3H3. The molecule has 0 aliphatic heterocycles. The normalized spacial score (nSPS) is 10.6. The molecule has 0 unspecified atom stereocenters. The van der Waals surface area contributed by atoms with Crippen LogP contribution in [-0.4, -0.2) is 27.5 Å². The number of imidazole rings is 1. The average molecular weight is 226 g/mol. The van der Waals surface area contributed by atoms with Crippen LogP contribution in [0.3, 0.4) is 0 Å². The molecule has 0 amide bonds. The van der Waals surface area contributed by atoms with Crippen molar-refractivity contribution in [3.63, 3.8) is 0 Å². The second-order valence-corrected chi connectivity index (χ2v) is 3.71. The van der Waals surface area contributed by atoms with Gasteiger partial charge in [0, 0.05) is 20.1 Å². The maximum Gasteiger partial charge on any atom is 0.128 e. The van der Waals surface area contributed by atoms with E-state index in [4.69, 9.17) is 11.6 Å². The summed E-state index contributed by atoms with van der Waals surface area (Å²) in [4.78, 5) is 6.42. The van der Waals surface area contributed by atoms with Gasteiger partial charge in [-0.1, -0.05) is 23.8 Å². The van der Waals surface area contributed by atoms with Gasteiger partial charge in [-0.15, -0.1) is 13.2 Å². The van der Waals surface area contributed by atoms with E-state index in [9.17, 15) is 0 Å². The predicted octanol–water partition coefficient (Wildman–Crippen LogP) is 2.25. The highest BCUT2D eigenvalue weighted by Crippen LogP contribution is 2.10. The zero-order valence-electron chi connectivity index (χ0n) is 8.99. The minimum absolute atomic E-state index is 0.655. The van der Waals surface area contributed by atoms with Gasteiger partial charge in [0.15, 0.2) is 0 Å². The van der Waals surface area contributed by atoms with E-state index in [2.05, 4.69) is 23.0 Å². The second kappa shape index (κ2) is 5.73. The van der Waals surface area contributed by atoms with E-state index in [0.717, 1.165) is 25.5 Å². The van der Waals surface area contributed by atoms with Crippen LogP contribution in [0.2, 0.25) is 5.15 Å². The van der Waals surface area contributed by atoms with Crippen molar-refractivity contribution in [3.05, 3.63) is 42.5 Å². The van der Waals surface area contributed by atoms with Crippen molar-refractivity contribution < 1.29 is 0 Å². The Morgan fingerprint density at radius 3 is 2.47 bits per heavy atom. The van der Waals surface area contributed by atoms with Crippen molar-refractivity contribution in [2.45, 2.75) is 6.54 Å². The smallest absolute Gasteiger partial charge is 0.128 e. The van der Waals surface area contributed by atoms with Gasteiger partial charge in [0.25, 0.3) is 0 Å². The summed E-state index contributed by atoms with van der Waals surface area (Å²) in [5.41, 5.74) is 0.